The number of carbonyl (C=O) groups is 1. The van der Waals surface area contributed by atoms with Crippen molar-refractivity contribution in [2.75, 3.05) is 13.2 Å². The van der Waals surface area contributed by atoms with Gasteiger partial charge in [-0.2, -0.15) is 0 Å². The van der Waals surface area contributed by atoms with Crippen LogP contribution in [-0.4, -0.2) is 33.7 Å². The molecular formula is C18H20N4O3. The fraction of sp³-hybridized carbons (Fsp3) is 0.278. The van der Waals surface area contributed by atoms with Crippen molar-refractivity contribution in [3.8, 4) is 11.5 Å². The molecule has 3 rings (SSSR count). The lowest BCUT2D eigenvalue weighted by Crippen LogP contribution is -2.32. The summed E-state index contributed by atoms with van der Waals surface area (Å²) in [6.07, 6.45) is 1.86. The summed E-state index contributed by atoms with van der Waals surface area (Å²) in [6.45, 7) is 4.32. The van der Waals surface area contributed by atoms with Crippen LogP contribution in [0.5, 0.6) is 11.5 Å². The van der Waals surface area contributed by atoms with Crippen LogP contribution in [0.15, 0.2) is 48.7 Å². The highest BCUT2D eigenvalue weighted by Crippen LogP contribution is 2.17. The Morgan fingerprint density at radius 1 is 1.12 bits per heavy atom. The van der Waals surface area contributed by atoms with Crippen LogP contribution in [0.1, 0.15) is 25.7 Å². The van der Waals surface area contributed by atoms with Crippen LogP contribution in [0.25, 0.3) is 5.65 Å². The van der Waals surface area contributed by atoms with Gasteiger partial charge >= 0.3 is 0 Å². The molecule has 3 aromatic rings. The van der Waals surface area contributed by atoms with Crippen molar-refractivity contribution >= 4 is 11.6 Å². The summed E-state index contributed by atoms with van der Waals surface area (Å²) in [5.41, 5.74) is 0.740. The van der Waals surface area contributed by atoms with E-state index in [1.807, 2.05) is 54.8 Å². The molecule has 0 saturated heterocycles. The standard InChI is InChI=1S/C18H20N4O3/c1-3-24-14-7-9-15(10-8-14)25-12-17(23)19-13(2)18-21-20-16-6-4-5-11-22(16)18/h4-11,13H,3,12H2,1-2H3,(H,19,23). The summed E-state index contributed by atoms with van der Waals surface area (Å²) in [6, 6.07) is 12.5. The fourth-order valence-electron chi connectivity index (χ4n) is 2.45. The first-order valence-electron chi connectivity index (χ1n) is 8.12. The first-order chi connectivity index (χ1) is 12.2. The molecule has 1 unspecified atom stereocenters. The minimum Gasteiger partial charge on any atom is -0.494 e. The van der Waals surface area contributed by atoms with E-state index in [0.29, 0.717) is 18.2 Å². The Morgan fingerprint density at radius 3 is 2.56 bits per heavy atom. The van der Waals surface area contributed by atoms with Crippen molar-refractivity contribution in [1.29, 1.82) is 0 Å². The Kier molecular flexibility index (Phi) is 5.13. The molecule has 0 aliphatic heterocycles. The third-order valence-electron chi connectivity index (χ3n) is 3.61. The van der Waals surface area contributed by atoms with Gasteiger partial charge in [0.1, 0.15) is 11.5 Å². The van der Waals surface area contributed by atoms with E-state index in [1.54, 1.807) is 12.1 Å². The molecule has 0 saturated carbocycles. The molecule has 7 heteroatoms. The number of fused-ring (bicyclic) bond motifs is 1. The van der Waals surface area contributed by atoms with Gasteiger partial charge < -0.3 is 14.8 Å². The van der Waals surface area contributed by atoms with E-state index in [-0.39, 0.29) is 18.6 Å². The van der Waals surface area contributed by atoms with Crippen molar-refractivity contribution in [2.24, 2.45) is 0 Å². The van der Waals surface area contributed by atoms with Gasteiger partial charge in [-0.25, -0.2) is 0 Å². The number of nitrogens with zero attached hydrogens (tertiary/aromatic N) is 3. The second-order valence-electron chi connectivity index (χ2n) is 5.47. The maximum atomic E-state index is 12.1. The number of hydrogen-bond donors (Lipinski definition) is 1. The van der Waals surface area contributed by atoms with E-state index in [9.17, 15) is 4.79 Å². The van der Waals surface area contributed by atoms with Crippen LogP contribution in [0.3, 0.4) is 0 Å². The Balaban J connectivity index is 1.55. The number of nitrogens with one attached hydrogen (secondary N) is 1. The number of rotatable bonds is 7. The van der Waals surface area contributed by atoms with Crippen molar-refractivity contribution < 1.29 is 14.3 Å². The summed E-state index contributed by atoms with van der Waals surface area (Å²) in [5.74, 6) is 1.82. The highest BCUT2D eigenvalue weighted by Gasteiger charge is 2.15. The monoisotopic (exact) mass is 340 g/mol. The summed E-state index contributed by atoms with van der Waals surface area (Å²) in [4.78, 5) is 12.1. The molecular weight excluding hydrogens is 320 g/mol. The zero-order valence-corrected chi connectivity index (χ0v) is 14.2. The Morgan fingerprint density at radius 2 is 1.84 bits per heavy atom. The first kappa shape index (κ1) is 16.8. The fourth-order valence-corrected chi connectivity index (χ4v) is 2.45. The lowest BCUT2D eigenvalue weighted by atomic mass is 10.3. The molecule has 1 N–H and O–H groups in total. The van der Waals surface area contributed by atoms with Crippen molar-refractivity contribution in [3.63, 3.8) is 0 Å². The van der Waals surface area contributed by atoms with E-state index in [1.165, 1.54) is 0 Å². The van der Waals surface area contributed by atoms with E-state index in [0.717, 1.165) is 11.4 Å². The van der Waals surface area contributed by atoms with Gasteiger partial charge in [-0.1, -0.05) is 6.07 Å². The molecule has 0 radical (unpaired) electrons. The van der Waals surface area contributed by atoms with E-state index in [4.69, 9.17) is 9.47 Å². The minimum atomic E-state index is -0.283. The predicted molar refractivity (Wildman–Crippen MR) is 92.7 cm³/mol. The molecule has 0 bridgehead atoms. The zero-order chi connectivity index (χ0) is 17.6. The third kappa shape index (κ3) is 4.06. The van der Waals surface area contributed by atoms with Gasteiger partial charge in [0.2, 0.25) is 0 Å². The van der Waals surface area contributed by atoms with Gasteiger partial charge in [0.25, 0.3) is 5.91 Å². The number of benzene rings is 1. The highest BCUT2D eigenvalue weighted by molar-refractivity contribution is 5.77. The van der Waals surface area contributed by atoms with Crippen LogP contribution in [0.4, 0.5) is 0 Å². The topological polar surface area (TPSA) is 77.8 Å². The third-order valence-corrected chi connectivity index (χ3v) is 3.61. The quantitative estimate of drug-likeness (QED) is 0.714. The van der Waals surface area contributed by atoms with Crippen LogP contribution in [0.2, 0.25) is 0 Å². The predicted octanol–water partition coefficient (Wildman–Crippen LogP) is 2.38. The van der Waals surface area contributed by atoms with Crippen molar-refractivity contribution in [1.82, 2.24) is 19.9 Å². The Bertz CT molecular complexity index is 845. The number of ether oxygens (including phenoxy) is 2. The molecule has 0 spiro atoms. The van der Waals surface area contributed by atoms with Gasteiger partial charge in [0, 0.05) is 6.20 Å². The maximum absolute atomic E-state index is 12.1. The molecule has 2 heterocycles. The molecule has 130 valence electrons. The SMILES string of the molecule is CCOc1ccc(OCC(=O)NC(C)c2nnc3ccccn23)cc1. The summed E-state index contributed by atoms with van der Waals surface area (Å²) >= 11 is 0. The van der Waals surface area contributed by atoms with Crippen molar-refractivity contribution in [2.45, 2.75) is 19.9 Å². The van der Waals surface area contributed by atoms with Crippen LogP contribution in [-0.2, 0) is 4.79 Å². The second kappa shape index (κ2) is 7.65. The van der Waals surface area contributed by atoms with Crippen LogP contribution in [0, 0.1) is 0 Å². The van der Waals surface area contributed by atoms with E-state index >= 15 is 0 Å². The summed E-state index contributed by atoms with van der Waals surface area (Å²) < 4.78 is 12.7. The van der Waals surface area contributed by atoms with Crippen LogP contribution < -0.4 is 14.8 Å². The zero-order valence-electron chi connectivity index (χ0n) is 14.2. The number of hydrogen-bond acceptors (Lipinski definition) is 5. The Labute approximate surface area is 145 Å². The number of amides is 1. The molecule has 0 fully saturated rings. The van der Waals surface area contributed by atoms with Gasteiger partial charge in [0.05, 0.1) is 12.6 Å². The van der Waals surface area contributed by atoms with Crippen molar-refractivity contribution in [3.05, 3.63) is 54.5 Å². The molecule has 1 amide bonds. The number of pyridine rings is 1. The molecule has 1 atom stereocenters. The van der Waals surface area contributed by atoms with Gasteiger partial charge in [-0.3, -0.25) is 9.20 Å². The van der Waals surface area contributed by atoms with Gasteiger partial charge in [-0.05, 0) is 50.2 Å². The van der Waals surface area contributed by atoms with Gasteiger partial charge in [0.15, 0.2) is 18.1 Å². The highest BCUT2D eigenvalue weighted by atomic mass is 16.5. The van der Waals surface area contributed by atoms with E-state index in [2.05, 4.69) is 15.5 Å². The van der Waals surface area contributed by atoms with Crippen LogP contribution >= 0.6 is 0 Å². The largest absolute Gasteiger partial charge is 0.494 e. The van der Waals surface area contributed by atoms with E-state index < -0.39 is 0 Å². The summed E-state index contributed by atoms with van der Waals surface area (Å²) in [5, 5.41) is 11.1. The molecule has 0 aliphatic carbocycles. The lowest BCUT2D eigenvalue weighted by molar-refractivity contribution is -0.123. The average molecular weight is 340 g/mol. The average Bonchev–Trinajstić information content (AvgIpc) is 3.05. The lowest BCUT2D eigenvalue weighted by Gasteiger charge is -2.13. The Hall–Kier alpha value is -3.09. The first-order valence-corrected chi connectivity index (χ1v) is 8.12. The van der Waals surface area contributed by atoms with Gasteiger partial charge in [-0.15, -0.1) is 10.2 Å². The molecule has 2 aromatic heterocycles. The number of carbonyl (C=O) groups excluding carboxylic acids is 1. The summed E-state index contributed by atoms with van der Waals surface area (Å²) in [7, 11) is 0. The molecule has 0 aliphatic rings. The maximum Gasteiger partial charge on any atom is 0.258 e. The molecule has 25 heavy (non-hydrogen) atoms. The normalized spacial score (nSPS) is 11.9. The second-order valence-corrected chi connectivity index (χ2v) is 5.47. The number of aromatic nitrogens is 3. The smallest absolute Gasteiger partial charge is 0.258 e. The minimum absolute atomic E-state index is 0.0743. The molecule has 1 aromatic carbocycles. The molecule has 7 nitrogen and oxygen atoms in total.